The Balaban J connectivity index is 1.79. The lowest BCUT2D eigenvalue weighted by atomic mass is 9.89. The van der Waals surface area contributed by atoms with Gasteiger partial charge < -0.3 is 10.1 Å². The van der Waals surface area contributed by atoms with E-state index in [2.05, 4.69) is 26.1 Å². The summed E-state index contributed by atoms with van der Waals surface area (Å²) in [6.45, 7) is 7.13. The van der Waals surface area contributed by atoms with Crippen LogP contribution < -0.4 is 15.6 Å². The Morgan fingerprint density at radius 3 is 2.94 bits per heavy atom. The molecule has 9 heteroatoms. The molecule has 6 nitrogen and oxygen atoms in total. The van der Waals surface area contributed by atoms with E-state index in [1.54, 1.807) is 41.2 Å². The highest BCUT2D eigenvalue weighted by molar-refractivity contribution is 7.99. The number of halogens is 1. The number of hydrogen-bond acceptors (Lipinski definition) is 6. The zero-order valence-corrected chi connectivity index (χ0v) is 22.3. The fraction of sp³-hybridized carbons (Fsp3) is 0.480. The number of nitrogens with zero attached hydrogens (tertiary/aromatic N) is 2. The first-order valence-electron chi connectivity index (χ1n) is 11.6. The number of amides is 1. The molecule has 0 saturated heterocycles. The molecule has 0 saturated carbocycles. The predicted octanol–water partition coefficient (Wildman–Crippen LogP) is 5.49. The minimum Gasteiger partial charge on any atom is -0.495 e. The van der Waals surface area contributed by atoms with Crippen LogP contribution in [0.4, 0.5) is 0 Å². The van der Waals surface area contributed by atoms with Crippen molar-refractivity contribution in [3.63, 3.8) is 0 Å². The average molecular weight is 520 g/mol. The van der Waals surface area contributed by atoms with Gasteiger partial charge in [0.1, 0.15) is 10.6 Å². The lowest BCUT2D eigenvalue weighted by Crippen LogP contribution is -2.28. The second-order valence-corrected chi connectivity index (χ2v) is 11.7. The molecule has 1 aromatic carbocycles. The van der Waals surface area contributed by atoms with Crippen LogP contribution in [-0.2, 0) is 17.6 Å². The number of aromatic nitrogens is 2. The molecule has 2 aromatic heterocycles. The summed E-state index contributed by atoms with van der Waals surface area (Å²) < 4.78 is 7.11. The third kappa shape index (κ3) is 5.29. The molecule has 2 heterocycles. The molecule has 0 bridgehead atoms. The lowest BCUT2D eigenvalue weighted by Gasteiger charge is -2.18. The van der Waals surface area contributed by atoms with Gasteiger partial charge in [-0.05, 0) is 61.3 Å². The monoisotopic (exact) mass is 519 g/mol. The van der Waals surface area contributed by atoms with Crippen LogP contribution in [0.2, 0.25) is 5.02 Å². The molecule has 0 aliphatic heterocycles. The maximum atomic E-state index is 14.0. The maximum Gasteiger partial charge on any atom is 0.267 e. The van der Waals surface area contributed by atoms with Crippen LogP contribution in [0.1, 0.15) is 44.1 Å². The number of thioether (sulfide) groups is 1. The van der Waals surface area contributed by atoms with Crippen LogP contribution in [0, 0.1) is 11.8 Å². The van der Waals surface area contributed by atoms with Crippen LogP contribution >= 0.6 is 34.7 Å². The molecule has 1 amide bonds. The molecule has 34 heavy (non-hydrogen) atoms. The highest BCUT2D eigenvalue weighted by atomic mass is 35.5. The van der Waals surface area contributed by atoms with Crippen molar-refractivity contribution < 1.29 is 9.53 Å². The van der Waals surface area contributed by atoms with Gasteiger partial charge in [-0.3, -0.25) is 14.2 Å². The molecule has 0 spiro atoms. The van der Waals surface area contributed by atoms with Crippen molar-refractivity contribution in [2.24, 2.45) is 11.8 Å². The van der Waals surface area contributed by atoms with Crippen LogP contribution in [0.15, 0.2) is 28.2 Å². The molecule has 0 radical (unpaired) electrons. The largest absolute Gasteiger partial charge is 0.495 e. The predicted molar refractivity (Wildman–Crippen MR) is 141 cm³/mol. The molecule has 182 valence electrons. The summed E-state index contributed by atoms with van der Waals surface area (Å²) in [6, 6.07) is 5.18. The zero-order valence-electron chi connectivity index (χ0n) is 19.9. The summed E-state index contributed by atoms with van der Waals surface area (Å²) in [4.78, 5) is 33.3. The molecule has 0 unspecified atom stereocenters. The molecular weight excluding hydrogens is 490 g/mol. The summed E-state index contributed by atoms with van der Waals surface area (Å²) in [5.74, 6) is 1.72. The van der Waals surface area contributed by atoms with Crippen molar-refractivity contribution in [1.82, 2.24) is 14.9 Å². The number of ether oxygens (including phenoxy) is 1. The first-order valence-corrected chi connectivity index (χ1v) is 13.8. The van der Waals surface area contributed by atoms with E-state index < -0.39 is 0 Å². The zero-order chi connectivity index (χ0) is 24.4. The van der Waals surface area contributed by atoms with Gasteiger partial charge in [-0.1, -0.05) is 44.1 Å². The second kappa shape index (κ2) is 10.7. The van der Waals surface area contributed by atoms with Gasteiger partial charge in [-0.2, -0.15) is 0 Å². The smallest absolute Gasteiger partial charge is 0.267 e. The summed E-state index contributed by atoms with van der Waals surface area (Å²) >= 11 is 9.17. The quantitative estimate of drug-likeness (QED) is 0.315. The molecule has 1 aliphatic rings. The third-order valence-corrected chi connectivity index (χ3v) is 8.38. The number of thiophene rings is 1. The van der Waals surface area contributed by atoms with Crippen LogP contribution in [0.3, 0.4) is 0 Å². The van der Waals surface area contributed by atoms with Crippen LogP contribution in [-0.4, -0.2) is 34.9 Å². The van der Waals surface area contributed by atoms with Crippen molar-refractivity contribution in [3.8, 4) is 11.4 Å². The second-order valence-electron chi connectivity index (χ2n) is 9.20. The van der Waals surface area contributed by atoms with E-state index in [0.717, 1.165) is 36.1 Å². The molecule has 3 aromatic rings. The van der Waals surface area contributed by atoms with Gasteiger partial charge in [-0.15, -0.1) is 11.3 Å². The topological polar surface area (TPSA) is 73.2 Å². The molecule has 0 fully saturated rings. The first-order chi connectivity index (χ1) is 16.3. The molecule has 4 rings (SSSR count). The number of carbonyl (C=O) groups excluding carboxylic acids is 1. The van der Waals surface area contributed by atoms with E-state index in [4.69, 9.17) is 21.3 Å². The van der Waals surface area contributed by atoms with E-state index in [-0.39, 0.29) is 17.2 Å². The Bertz CT molecular complexity index is 1270. The number of carbonyl (C=O) groups is 1. The fourth-order valence-corrected chi connectivity index (χ4v) is 6.63. The Morgan fingerprint density at radius 2 is 2.21 bits per heavy atom. The van der Waals surface area contributed by atoms with Gasteiger partial charge >= 0.3 is 0 Å². The summed E-state index contributed by atoms with van der Waals surface area (Å²) in [6.07, 6.45) is 3.83. The summed E-state index contributed by atoms with van der Waals surface area (Å²) in [7, 11) is 1.56. The molecule has 1 N–H and O–H groups in total. The highest BCUT2D eigenvalue weighted by Gasteiger charge is 2.26. The Hall–Kier alpha value is -2.03. The van der Waals surface area contributed by atoms with Crippen LogP contribution in [0.25, 0.3) is 15.9 Å². The van der Waals surface area contributed by atoms with Gasteiger partial charge in [-0.25, -0.2) is 4.98 Å². The third-order valence-electron chi connectivity index (χ3n) is 6.06. The number of benzene rings is 1. The number of methoxy groups -OCH3 is 1. The summed E-state index contributed by atoms with van der Waals surface area (Å²) in [5, 5.41) is 4.59. The number of rotatable bonds is 8. The Morgan fingerprint density at radius 1 is 1.41 bits per heavy atom. The average Bonchev–Trinajstić information content (AvgIpc) is 3.15. The molecular formula is C25H30ClN3O3S2. The van der Waals surface area contributed by atoms with E-state index in [9.17, 15) is 9.59 Å². The van der Waals surface area contributed by atoms with Gasteiger partial charge in [0.15, 0.2) is 5.16 Å². The SMILES string of the molecule is COc1ccc(Cl)cc1-n1c(SCC(=O)NCCC(C)C)nc2sc3c(c2c1=O)CC[C@@H](C)C3. The van der Waals surface area contributed by atoms with Crippen molar-refractivity contribution in [1.29, 1.82) is 0 Å². The number of fused-ring (bicyclic) bond motifs is 3. The first kappa shape index (κ1) is 25.1. The Kier molecular flexibility index (Phi) is 7.90. The maximum absolute atomic E-state index is 14.0. The van der Waals surface area contributed by atoms with Gasteiger partial charge in [0.05, 0.1) is 23.9 Å². The van der Waals surface area contributed by atoms with Crippen molar-refractivity contribution in [2.75, 3.05) is 19.4 Å². The number of nitrogens with one attached hydrogen (secondary N) is 1. The number of aryl methyl sites for hydroxylation is 1. The normalized spacial score (nSPS) is 15.5. The van der Waals surface area contributed by atoms with Crippen molar-refractivity contribution in [3.05, 3.63) is 44.0 Å². The number of hydrogen-bond donors (Lipinski definition) is 1. The Labute approximate surface area is 213 Å². The van der Waals surface area contributed by atoms with E-state index in [0.29, 0.717) is 45.4 Å². The van der Waals surface area contributed by atoms with Gasteiger partial charge in [0, 0.05) is 16.4 Å². The molecule has 1 atom stereocenters. The standard InChI is InChI=1S/C25H30ClN3O3S2/c1-14(2)9-10-27-21(30)13-33-25-28-23-22(17-7-5-15(3)11-20(17)34-23)24(31)29(25)18-12-16(26)6-8-19(18)32-4/h6,8,12,14-15H,5,7,9-11,13H2,1-4H3,(H,27,30)/t15-/m1/s1. The van der Waals surface area contributed by atoms with E-state index >= 15 is 0 Å². The highest BCUT2D eigenvalue weighted by Crippen LogP contribution is 2.38. The van der Waals surface area contributed by atoms with E-state index in [1.165, 1.54) is 16.6 Å². The van der Waals surface area contributed by atoms with Gasteiger partial charge in [0.25, 0.3) is 5.56 Å². The minimum absolute atomic E-state index is 0.0797. The van der Waals surface area contributed by atoms with E-state index in [1.807, 2.05) is 0 Å². The fourth-order valence-electron chi connectivity index (χ4n) is 4.20. The van der Waals surface area contributed by atoms with Gasteiger partial charge in [0.2, 0.25) is 5.91 Å². The lowest BCUT2D eigenvalue weighted by molar-refractivity contribution is -0.118. The minimum atomic E-state index is -0.139. The molecule has 1 aliphatic carbocycles. The van der Waals surface area contributed by atoms with Crippen LogP contribution in [0.5, 0.6) is 5.75 Å². The van der Waals surface area contributed by atoms with Crippen molar-refractivity contribution >= 4 is 50.8 Å². The summed E-state index contributed by atoms with van der Waals surface area (Å²) in [5.41, 5.74) is 1.51. The van der Waals surface area contributed by atoms with Crippen molar-refractivity contribution in [2.45, 2.75) is 51.6 Å².